The van der Waals surface area contributed by atoms with Gasteiger partial charge in [0.1, 0.15) is 0 Å². The van der Waals surface area contributed by atoms with Gasteiger partial charge in [0, 0.05) is 21.3 Å². The molecule has 0 bridgehead atoms. The predicted molar refractivity (Wildman–Crippen MR) is 59.0 cm³/mol. The maximum atomic E-state index is 4.15. The number of hydrogen-bond donors (Lipinski definition) is 0. The van der Waals surface area contributed by atoms with Crippen LogP contribution in [-0.4, -0.2) is 9.78 Å². The molecule has 2 nitrogen and oxygen atoms in total. The van der Waals surface area contributed by atoms with Crippen LogP contribution in [0.1, 0.15) is 0 Å². The molecule has 0 radical (unpaired) electrons. The molecule has 0 atom stereocenters. The van der Waals surface area contributed by atoms with Crippen LogP contribution in [0, 0.1) is 0 Å². The van der Waals surface area contributed by atoms with Gasteiger partial charge >= 0.3 is 0 Å². The van der Waals surface area contributed by atoms with Gasteiger partial charge in [0.2, 0.25) is 0 Å². The zero-order valence-corrected chi connectivity index (χ0v) is 9.79. The number of rotatable bonds is 1. The van der Waals surface area contributed by atoms with Crippen LogP contribution in [0.4, 0.5) is 0 Å². The van der Waals surface area contributed by atoms with Crippen LogP contribution in [-0.2, 0) is 0 Å². The lowest BCUT2D eigenvalue weighted by atomic mass is 10.3. The van der Waals surface area contributed by atoms with Crippen molar-refractivity contribution < 1.29 is 0 Å². The second-order valence-electron chi connectivity index (χ2n) is 2.55. The van der Waals surface area contributed by atoms with Crippen molar-refractivity contribution in [3.63, 3.8) is 0 Å². The standard InChI is InChI=1S/C9H6Br2N2/c10-7-2-3-9(8(11)6-7)13-5-1-4-12-13/h1-6H. The predicted octanol–water partition coefficient (Wildman–Crippen LogP) is 3.40. The van der Waals surface area contributed by atoms with Gasteiger partial charge in [-0.15, -0.1) is 0 Å². The highest BCUT2D eigenvalue weighted by molar-refractivity contribution is 9.11. The van der Waals surface area contributed by atoms with Crippen LogP contribution in [0.25, 0.3) is 5.69 Å². The SMILES string of the molecule is Brc1ccc(-n2cccn2)c(Br)c1. The van der Waals surface area contributed by atoms with E-state index < -0.39 is 0 Å². The average Bonchev–Trinajstić information content (AvgIpc) is 2.56. The Bertz CT molecular complexity index is 410. The normalized spacial score (nSPS) is 10.3. The van der Waals surface area contributed by atoms with Crippen molar-refractivity contribution in [1.29, 1.82) is 0 Å². The van der Waals surface area contributed by atoms with Crippen molar-refractivity contribution >= 4 is 31.9 Å². The molecule has 1 heterocycles. The van der Waals surface area contributed by atoms with E-state index in [0.29, 0.717) is 0 Å². The topological polar surface area (TPSA) is 17.8 Å². The van der Waals surface area contributed by atoms with Crippen LogP contribution < -0.4 is 0 Å². The first kappa shape index (κ1) is 8.97. The zero-order valence-electron chi connectivity index (χ0n) is 6.61. The van der Waals surface area contributed by atoms with Crippen LogP contribution in [0.15, 0.2) is 45.6 Å². The van der Waals surface area contributed by atoms with Gasteiger partial charge in [0.25, 0.3) is 0 Å². The first-order valence-corrected chi connectivity index (χ1v) is 5.31. The highest BCUT2D eigenvalue weighted by Crippen LogP contribution is 2.24. The van der Waals surface area contributed by atoms with E-state index in [-0.39, 0.29) is 0 Å². The first-order chi connectivity index (χ1) is 6.27. The van der Waals surface area contributed by atoms with E-state index in [1.54, 1.807) is 6.20 Å². The molecule has 0 fully saturated rings. The highest BCUT2D eigenvalue weighted by atomic mass is 79.9. The van der Waals surface area contributed by atoms with Gasteiger partial charge in [0.05, 0.1) is 5.69 Å². The van der Waals surface area contributed by atoms with Crippen molar-refractivity contribution in [3.8, 4) is 5.69 Å². The van der Waals surface area contributed by atoms with Gasteiger partial charge < -0.3 is 0 Å². The largest absolute Gasteiger partial charge is 0.240 e. The fourth-order valence-electron chi connectivity index (χ4n) is 1.08. The number of aromatic nitrogens is 2. The van der Waals surface area contributed by atoms with E-state index in [4.69, 9.17) is 0 Å². The number of halogens is 2. The van der Waals surface area contributed by atoms with Crippen molar-refractivity contribution in [1.82, 2.24) is 9.78 Å². The van der Waals surface area contributed by atoms with E-state index in [9.17, 15) is 0 Å². The second kappa shape index (κ2) is 3.64. The first-order valence-electron chi connectivity index (χ1n) is 3.72. The van der Waals surface area contributed by atoms with Gasteiger partial charge in [-0.3, -0.25) is 0 Å². The van der Waals surface area contributed by atoms with E-state index >= 15 is 0 Å². The highest BCUT2D eigenvalue weighted by Gasteiger charge is 2.01. The smallest absolute Gasteiger partial charge is 0.0788 e. The molecule has 13 heavy (non-hydrogen) atoms. The molecule has 0 aliphatic carbocycles. The maximum absolute atomic E-state index is 4.15. The molecule has 2 aromatic rings. The Morgan fingerprint density at radius 3 is 2.69 bits per heavy atom. The Labute approximate surface area is 92.8 Å². The Morgan fingerprint density at radius 2 is 2.08 bits per heavy atom. The number of hydrogen-bond acceptors (Lipinski definition) is 1. The van der Waals surface area contributed by atoms with Gasteiger partial charge in [-0.2, -0.15) is 5.10 Å². The third-order valence-electron chi connectivity index (χ3n) is 1.66. The summed E-state index contributed by atoms with van der Waals surface area (Å²) in [5, 5.41) is 4.15. The summed E-state index contributed by atoms with van der Waals surface area (Å²) in [6.07, 6.45) is 3.67. The van der Waals surface area contributed by atoms with Gasteiger partial charge in [-0.1, -0.05) is 15.9 Å². The third-order valence-corrected chi connectivity index (χ3v) is 2.79. The zero-order chi connectivity index (χ0) is 9.26. The molecule has 0 unspecified atom stereocenters. The molecule has 2 rings (SSSR count). The summed E-state index contributed by atoms with van der Waals surface area (Å²) in [5.41, 5.74) is 1.04. The van der Waals surface area contributed by atoms with Crippen molar-refractivity contribution in [2.75, 3.05) is 0 Å². The Balaban J connectivity index is 2.53. The minimum absolute atomic E-state index is 1.02. The van der Waals surface area contributed by atoms with Gasteiger partial charge in [0.15, 0.2) is 0 Å². The number of nitrogens with zero attached hydrogens (tertiary/aromatic N) is 2. The summed E-state index contributed by atoms with van der Waals surface area (Å²) in [6.45, 7) is 0. The fraction of sp³-hybridized carbons (Fsp3) is 0. The van der Waals surface area contributed by atoms with Crippen molar-refractivity contribution in [2.24, 2.45) is 0 Å². The van der Waals surface area contributed by atoms with E-state index in [1.165, 1.54) is 0 Å². The van der Waals surface area contributed by atoms with E-state index in [1.807, 2.05) is 35.1 Å². The summed E-state index contributed by atoms with van der Waals surface area (Å²) < 4.78 is 3.89. The molecule has 1 aromatic heterocycles. The van der Waals surface area contributed by atoms with E-state index in [0.717, 1.165) is 14.6 Å². The average molecular weight is 302 g/mol. The summed E-state index contributed by atoms with van der Waals surface area (Å²) in [5.74, 6) is 0. The summed E-state index contributed by atoms with van der Waals surface area (Å²) in [6, 6.07) is 7.88. The molecule has 0 aliphatic heterocycles. The Hall–Kier alpha value is -0.610. The molecule has 4 heteroatoms. The lowest BCUT2D eigenvalue weighted by molar-refractivity contribution is 0.876. The van der Waals surface area contributed by atoms with Crippen LogP contribution in [0.3, 0.4) is 0 Å². The van der Waals surface area contributed by atoms with Crippen molar-refractivity contribution in [3.05, 3.63) is 45.6 Å². The molecular formula is C9H6Br2N2. The van der Waals surface area contributed by atoms with Crippen LogP contribution in [0.2, 0.25) is 0 Å². The minimum atomic E-state index is 1.02. The summed E-state index contributed by atoms with van der Waals surface area (Å²) in [7, 11) is 0. The Morgan fingerprint density at radius 1 is 1.23 bits per heavy atom. The molecule has 1 aromatic carbocycles. The molecule has 0 saturated heterocycles. The molecular weight excluding hydrogens is 296 g/mol. The fourth-order valence-corrected chi connectivity index (χ4v) is 2.31. The van der Waals surface area contributed by atoms with Crippen molar-refractivity contribution in [2.45, 2.75) is 0 Å². The Kier molecular flexibility index (Phi) is 2.51. The monoisotopic (exact) mass is 300 g/mol. The second-order valence-corrected chi connectivity index (χ2v) is 4.32. The van der Waals surface area contributed by atoms with Gasteiger partial charge in [-0.25, -0.2) is 4.68 Å². The molecule has 0 spiro atoms. The maximum Gasteiger partial charge on any atom is 0.0788 e. The molecule has 66 valence electrons. The molecule has 0 aliphatic rings. The molecule has 0 amide bonds. The third kappa shape index (κ3) is 1.84. The van der Waals surface area contributed by atoms with Gasteiger partial charge in [-0.05, 0) is 40.2 Å². The summed E-state index contributed by atoms with van der Waals surface area (Å²) in [4.78, 5) is 0. The lowest BCUT2D eigenvalue weighted by Gasteiger charge is -2.03. The van der Waals surface area contributed by atoms with Crippen LogP contribution >= 0.6 is 31.9 Å². The number of benzene rings is 1. The lowest BCUT2D eigenvalue weighted by Crippen LogP contribution is -1.94. The molecule has 0 N–H and O–H groups in total. The summed E-state index contributed by atoms with van der Waals surface area (Å²) >= 11 is 6.88. The quantitative estimate of drug-likeness (QED) is 0.789. The molecule has 0 saturated carbocycles. The van der Waals surface area contributed by atoms with Crippen LogP contribution in [0.5, 0.6) is 0 Å². The minimum Gasteiger partial charge on any atom is -0.240 e. The van der Waals surface area contributed by atoms with E-state index in [2.05, 4.69) is 37.0 Å².